The van der Waals surface area contributed by atoms with E-state index in [9.17, 15) is 0 Å². The molecule has 0 radical (unpaired) electrons. The summed E-state index contributed by atoms with van der Waals surface area (Å²) >= 11 is 1.80. The normalized spacial score (nSPS) is 12.6. The third-order valence-corrected chi connectivity index (χ3v) is 3.48. The van der Waals surface area contributed by atoms with Crippen molar-refractivity contribution in [2.45, 2.75) is 19.5 Å². The van der Waals surface area contributed by atoms with Gasteiger partial charge in [0.05, 0.1) is 0 Å². The molecular weight excluding hydrogens is 202 g/mol. The molecule has 15 heavy (non-hydrogen) atoms. The van der Waals surface area contributed by atoms with Gasteiger partial charge in [-0.2, -0.15) is 0 Å². The van der Waals surface area contributed by atoms with Gasteiger partial charge in [-0.1, -0.05) is 36.4 Å². The standard InChI is InChI=1S/C13H15NS/c1-11(13-8-5-9-15-13)14-10-12-6-3-2-4-7-12/h2-9,11,14H,10H2,1H3/t11-/m1/s1. The van der Waals surface area contributed by atoms with Crippen LogP contribution in [-0.4, -0.2) is 0 Å². The lowest BCUT2D eigenvalue weighted by Gasteiger charge is -2.11. The van der Waals surface area contributed by atoms with E-state index >= 15 is 0 Å². The first-order valence-corrected chi connectivity index (χ1v) is 6.05. The molecule has 0 unspecified atom stereocenters. The average Bonchev–Trinajstić information content (AvgIpc) is 2.81. The van der Waals surface area contributed by atoms with Crippen molar-refractivity contribution in [1.29, 1.82) is 0 Å². The first-order chi connectivity index (χ1) is 7.36. The van der Waals surface area contributed by atoms with Crippen LogP contribution in [0.1, 0.15) is 23.4 Å². The lowest BCUT2D eigenvalue weighted by Crippen LogP contribution is -2.16. The zero-order valence-electron chi connectivity index (χ0n) is 8.81. The third kappa shape index (κ3) is 2.91. The first-order valence-electron chi connectivity index (χ1n) is 5.17. The van der Waals surface area contributed by atoms with Crippen molar-refractivity contribution in [3.63, 3.8) is 0 Å². The Kier molecular flexibility index (Phi) is 3.54. The smallest absolute Gasteiger partial charge is 0.0388 e. The van der Waals surface area contributed by atoms with Crippen LogP contribution in [0, 0.1) is 0 Å². The number of hydrogen-bond donors (Lipinski definition) is 1. The van der Waals surface area contributed by atoms with Crippen LogP contribution in [0.15, 0.2) is 47.8 Å². The van der Waals surface area contributed by atoms with Gasteiger partial charge in [-0.25, -0.2) is 0 Å². The second kappa shape index (κ2) is 5.10. The van der Waals surface area contributed by atoms with E-state index < -0.39 is 0 Å². The van der Waals surface area contributed by atoms with E-state index in [0.717, 1.165) is 6.54 Å². The minimum atomic E-state index is 0.435. The van der Waals surface area contributed by atoms with Crippen molar-refractivity contribution in [2.24, 2.45) is 0 Å². The molecule has 2 aromatic rings. The third-order valence-electron chi connectivity index (χ3n) is 2.43. The molecule has 0 saturated carbocycles. The summed E-state index contributed by atoms with van der Waals surface area (Å²) in [7, 11) is 0. The fourth-order valence-electron chi connectivity index (χ4n) is 1.51. The van der Waals surface area contributed by atoms with Gasteiger partial charge in [0, 0.05) is 17.5 Å². The topological polar surface area (TPSA) is 12.0 Å². The second-order valence-corrected chi connectivity index (χ2v) is 4.58. The Morgan fingerprint density at radius 3 is 2.60 bits per heavy atom. The maximum Gasteiger partial charge on any atom is 0.0388 e. The molecule has 1 aromatic carbocycles. The van der Waals surface area contributed by atoms with E-state index in [1.807, 2.05) is 6.07 Å². The summed E-state index contributed by atoms with van der Waals surface area (Å²) in [5.41, 5.74) is 1.33. The molecule has 1 atom stereocenters. The van der Waals surface area contributed by atoms with E-state index in [2.05, 4.69) is 54.0 Å². The van der Waals surface area contributed by atoms with Gasteiger partial charge in [-0.05, 0) is 23.9 Å². The molecule has 1 N–H and O–H groups in total. The summed E-state index contributed by atoms with van der Waals surface area (Å²) in [5.74, 6) is 0. The summed E-state index contributed by atoms with van der Waals surface area (Å²) in [4.78, 5) is 1.39. The van der Waals surface area contributed by atoms with Crippen LogP contribution >= 0.6 is 11.3 Å². The number of hydrogen-bond acceptors (Lipinski definition) is 2. The molecule has 0 saturated heterocycles. The molecule has 0 aliphatic heterocycles. The Hall–Kier alpha value is -1.12. The van der Waals surface area contributed by atoms with E-state index in [0.29, 0.717) is 6.04 Å². The zero-order valence-corrected chi connectivity index (χ0v) is 9.63. The lowest BCUT2D eigenvalue weighted by molar-refractivity contribution is 0.583. The Balaban J connectivity index is 1.89. The van der Waals surface area contributed by atoms with Crippen molar-refractivity contribution in [3.05, 3.63) is 58.3 Å². The highest BCUT2D eigenvalue weighted by Gasteiger charge is 2.04. The number of rotatable bonds is 4. The molecule has 2 heteroatoms. The summed E-state index contributed by atoms with van der Waals surface area (Å²) in [5, 5.41) is 5.63. The molecule has 1 heterocycles. The second-order valence-electron chi connectivity index (χ2n) is 3.60. The van der Waals surface area contributed by atoms with Crippen molar-refractivity contribution in [1.82, 2.24) is 5.32 Å². The molecular formula is C13H15NS. The van der Waals surface area contributed by atoms with E-state index in [4.69, 9.17) is 0 Å². The zero-order chi connectivity index (χ0) is 10.5. The van der Waals surface area contributed by atoms with Crippen molar-refractivity contribution in [3.8, 4) is 0 Å². The van der Waals surface area contributed by atoms with E-state index in [1.165, 1.54) is 10.4 Å². The van der Waals surface area contributed by atoms with Gasteiger partial charge in [0.15, 0.2) is 0 Å². The van der Waals surface area contributed by atoms with Crippen LogP contribution in [0.3, 0.4) is 0 Å². The van der Waals surface area contributed by atoms with Crippen molar-refractivity contribution >= 4 is 11.3 Å². The summed E-state index contributed by atoms with van der Waals surface area (Å²) < 4.78 is 0. The van der Waals surface area contributed by atoms with Gasteiger partial charge in [0.1, 0.15) is 0 Å². The predicted molar refractivity (Wildman–Crippen MR) is 66.0 cm³/mol. The SMILES string of the molecule is C[C@@H](NCc1ccccc1)c1cccs1. The number of benzene rings is 1. The first kappa shape index (κ1) is 10.4. The summed E-state index contributed by atoms with van der Waals surface area (Å²) in [6.45, 7) is 3.13. The Morgan fingerprint density at radius 1 is 1.13 bits per heavy atom. The van der Waals surface area contributed by atoms with E-state index in [1.54, 1.807) is 11.3 Å². The van der Waals surface area contributed by atoms with Crippen LogP contribution in [-0.2, 0) is 6.54 Å². The minimum Gasteiger partial charge on any atom is -0.305 e. The molecule has 1 aromatic heterocycles. The maximum atomic E-state index is 3.51. The molecule has 0 aliphatic rings. The molecule has 1 nitrogen and oxygen atoms in total. The van der Waals surface area contributed by atoms with Gasteiger partial charge < -0.3 is 5.32 Å². The molecule has 0 amide bonds. The fraction of sp³-hybridized carbons (Fsp3) is 0.231. The Labute approximate surface area is 94.8 Å². The van der Waals surface area contributed by atoms with Crippen LogP contribution < -0.4 is 5.32 Å². The molecule has 0 bridgehead atoms. The van der Waals surface area contributed by atoms with Crippen LogP contribution in [0.25, 0.3) is 0 Å². The Morgan fingerprint density at radius 2 is 1.93 bits per heavy atom. The molecule has 0 aliphatic carbocycles. The quantitative estimate of drug-likeness (QED) is 0.825. The minimum absolute atomic E-state index is 0.435. The number of nitrogens with one attached hydrogen (secondary N) is 1. The van der Waals surface area contributed by atoms with Crippen LogP contribution in [0.4, 0.5) is 0 Å². The van der Waals surface area contributed by atoms with Gasteiger partial charge in [0.25, 0.3) is 0 Å². The maximum absolute atomic E-state index is 3.51. The predicted octanol–water partition coefficient (Wildman–Crippen LogP) is 3.60. The van der Waals surface area contributed by atoms with Crippen molar-refractivity contribution in [2.75, 3.05) is 0 Å². The van der Waals surface area contributed by atoms with Crippen molar-refractivity contribution < 1.29 is 0 Å². The number of thiophene rings is 1. The van der Waals surface area contributed by atoms with Gasteiger partial charge in [0.2, 0.25) is 0 Å². The van der Waals surface area contributed by atoms with Crippen LogP contribution in [0.5, 0.6) is 0 Å². The van der Waals surface area contributed by atoms with E-state index in [-0.39, 0.29) is 0 Å². The molecule has 2 rings (SSSR count). The van der Waals surface area contributed by atoms with Gasteiger partial charge >= 0.3 is 0 Å². The molecule has 78 valence electrons. The highest BCUT2D eigenvalue weighted by molar-refractivity contribution is 7.10. The fourth-order valence-corrected chi connectivity index (χ4v) is 2.26. The lowest BCUT2D eigenvalue weighted by atomic mass is 10.2. The summed E-state index contributed by atoms with van der Waals surface area (Å²) in [6.07, 6.45) is 0. The monoisotopic (exact) mass is 217 g/mol. The van der Waals surface area contributed by atoms with Crippen LogP contribution in [0.2, 0.25) is 0 Å². The molecule has 0 spiro atoms. The Bertz CT molecular complexity index is 380. The highest BCUT2D eigenvalue weighted by atomic mass is 32.1. The summed E-state index contributed by atoms with van der Waals surface area (Å²) in [6, 6.07) is 15.2. The highest BCUT2D eigenvalue weighted by Crippen LogP contribution is 2.18. The average molecular weight is 217 g/mol. The molecule has 0 fully saturated rings. The van der Waals surface area contributed by atoms with Gasteiger partial charge in [-0.15, -0.1) is 11.3 Å². The largest absolute Gasteiger partial charge is 0.305 e. The van der Waals surface area contributed by atoms with Gasteiger partial charge in [-0.3, -0.25) is 0 Å².